The molecule has 2 unspecified atom stereocenters. The number of carbonyl (C=O) groups is 2. The number of piperidine rings is 2. The fourth-order valence-corrected chi connectivity index (χ4v) is 3.48. The largest absolute Gasteiger partial charge is 0.368 e. The smallest absolute Gasteiger partial charge is 0.240 e. The molecule has 0 saturated carbocycles. The fourth-order valence-electron chi connectivity index (χ4n) is 3.48. The first-order valence-corrected chi connectivity index (χ1v) is 7.75. The van der Waals surface area contributed by atoms with Gasteiger partial charge >= 0.3 is 0 Å². The van der Waals surface area contributed by atoms with E-state index in [4.69, 9.17) is 5.73 Å². The molecule has 2 saturated heterocycles. The average molecular weight is 281 g/mol. The van der Waals surface area contributed by atoms with E-state index in [0.717, 1.165) is 38.8 Å². The lowest BCUT2D eigenvalue weighted by molar-refractivity contribution is -0.151. The Kier molecular flexibility index (Phi) is 4.68. The number of amides is 2. The number of hydrogen-bond donors (Lipinski definition) is 2. The van der Waals surface area contributed by atoms with Crippen LogP contribution in [-0.4, -0.2) is 42.4 Å². The predicted molar refractivity (Wildman–Crippen MR) is 77.9 cm³/mol. The minimum Gasteiger partial charge on any atom is -0.368 e. The van der Waals surface area contributed by atoms with Crippen molar-refractivity contribution >= 4 is 11.8 Å². The van der Waals surface area contributed by atoms with Crippen molar-refractivity contribution in [3.63, 3.8) is 0 Å². The molecule has 5 heteroatoms. The minimum atomic E-state index is -0.432. The highest BCUT2D eigenvalue weighted by Gasteiger charge is 2.43. The van der Waals surface area contributed by atoms with Crippen LogP contribution < -0.4 is 11.1 Å². The summed E-state index contributed by atoms with van der Waals surface area (Å²) in [5.74, 6) is 0.0597. The van der Waals surface area contributed by atoms with E-state index in [1.54, 1.807) is 4.90 Å². The molecule has 2 heterocycles. The Labute approximate surface area is 121 Å². The first-order chi connectivity index (χ1) is 9.44. The van der Waals surface area contributed by atoms with Gasteiger partial charge in [0.25, 0.3) is 0 Å². The Morgan fingerprint density at radius 3 is 2.55 bits per heavy atom. The van der Waals surface area contributed by atoms with Gasteiger partial charge in [0.1, 0.15) is 6.04 Å². The zero-order valence-electron chi connectivity index (χ0n) is 12.7. The summed E-state index contributed by atoms with van der Waals surface area (Å²) in [5.41, 5.74) is 5.04. The lowest BCUT2D eigenvalue weighted by Crippen LogP contribution is -2.56. The van der Waals surface area contributed by atoms with Crippen LogP contribution in [0.1, 0.15) is 46.0 Å². The molecule has 2 fully saturated rings. The van der Waals surface area contributed by atoms with Gasteiger partial charge in [-0.15, -0.1) is 0 Å². The van der Waals surface area contributed by atoms with Gasteiger partial charge in [0.2, 0.25) is 11.8 Å². The summed E-state index contributed by atoms with van der Waals surface area (Å²) in [6.45, 7) is 6.61. The van der Waals surface area contributed by atoms with Crippen molar-refractivity contribution in [2.45, 2.75) is 52.0 Å². The van der Waals surface area contributed by atoms with Crippen molar-refractivity contribution in [3.05, 3.63) is 0 Å². The van der Waals surface area contributed by atoms with Crippen molar-refractivity contribution in [2.24, 2.45) is 17.1 Å². The van der Waals surface area contributed by atoms with E-state index >= 15 is 0 Å². The van der Waals surface area contributed by atoms with Crippen LogP contribution in [0.15, 0.2) is 0 Å². The highest BCUT2D eigenvalue weighted by molar-refractivity contribution is 5.89. The Hall–Kier alpha value is -1.10. The third-order valence-electron chi connectivity index (χ3n) is 4.96. The molecule has 2 aliphatic heterocycles. The fraction of sp³-hybridized carbons (Fsp3) is 0.867. The average Bonchev–Trinajstić information content (AvgIpc) is 2.47. The van der Waals surface area contributed by atoms with Crippen LogP contribution in [0.2, 0.25) is 0 Å². The summed E-state index contributed by atoms with van der Waals surface area (Å²) in [6, 6.07) is -0.410. The molecule has 0 bridgehead atoms. The second kappa shape index (κ2) is 6.12. The molecule has 5 nitrogen and oxygen atoms in total. The summed E-state index contributed by atoms with van der Waals surface area (Å²) < 4.78 is 0. The zero-order valence-corrected chi connectivity index (χ0v) is 12.7. The van der Waals surface area contributed by atoms with E-state index in [2.05, 4.69) is 5.32 Å². The molecular formula is C15H27N3O2. The quantitative estimate of drug-likeness (QED) is 0.806. The Bertz CT molecular complexity index is 375. The first-order valence-electron chi connectivity index (χ1n) is 7.75. The number of nitrogens with one attached hydrogen (secondary N) is 1. The van der Waals surface area contributed by atoms with Crippen molar-refractivity contribution in [2.75, 3.05) is 19.6 Å². The van der Waals surface area contributed by atoms with Crippen LogP contribution in [0, 0.1) is 11.3 Å². The second-order valence-electron chi connectivity index (χ2n) is 6.68. The third kappa shape index (κ3) is 2.97. The molecule has 0 aromatic heterocycles. The van der Waals surface area contributed by atoms with Gasteiger partial charge in [0.15, 0.2) is 0 Å². The normalized spacial score (nSPS) is 28.2. The van der Waals surface area contributed by atoms with Gasteiger partial charge in [-0.2, -0.15) is 0 Å². The standard InChI is InChI=1S/C15H27N3O2/c1-15(2,11-6-5-8-17-10-11)14(20)18-9-4-3-7-12(18)13(16)19/h11-12,17H,3-10H2,1-2H3,(H2,16,19). The Morgan fingerprint density at radius 2 is 1.95 bits per heavy atom. The highest BCUT2D eigenvalue weighted by atomic mass is 16.2. The topological polar surface area (TPSA) is 75.4 Å². The lowest BCUT2D eigenvalue weighted by Gasteiger charge is -2.43. The van der Waals surface area contributed by atoms with E-state index in [-0.39, 0.29) is 11.8 Å². The monoisotopic (exact) mass is 281 g/mol. The summed E-state index contributed by atoms with van der Waals surface area (Å²) in [7, 11) is 0. The number of primary amides is 1. The van der Waals surface area contributed by atoms with Gasteiger partial charge in [0.05, 0.1) is 0 Å². The molecular weight excluding hydrogens is 254 g/mol. The number of hydrogen-bond acceptors (Lipinski definition) is 3. The van der Waals surface area contributed by atoms with Crippen LogP contribution in [0.3, 0.4) is 0 Å². The number of rotatable bonds is 3. The van der Waals surface area contributed by atoms with E-state index in [0.29, 0.717) is 18.9 Å². The number of carbonyl (C=O) groups excluding carboxylic acids is 2. The number of likely N-dealkylation sites (tertiary alicyclic amines) is 1. The molecule has 0 radical (unpaired) electrons. The molecule has 2 rings (SSSR count). The van der Waals surface area contributed by atoms with Gasteiger partial charge in [-0.1, -0.05) is 13.8 Å². The van der Waals surface area contributed by atoms with Gasteiger partial charge < -0.3 is 16.0 Å². The highest BCUT2D eigenvalue weighted by Crippen LogP contribution is 2.35. The zero-order chi connectivity index (χ0) is 14.8. The molecule has 2 atom stereocenters. The lowest BCUT2D eigenvalue weighted by atomic mass is 9.73. The van der Waals surface area contributed by atoms with Gasteiger partial charge in [-0.25, -0.2) is 0 Å². The van der Waals surface area contributed by atoms with Crippen LogP contribution in [-0.2, 0) is 9.59 Å². The SMILES string of the molecule is CC(C)(C(=O)N1CCCCC1C(N)=O)C1CCCNC1. The molecule has 114 valence electrons. The van der Waals surface area contributed by atoms with Gasteiger partial charge in [-0.05, 0) is 51.1 Å². The van der Waals surface area contributed by atoms with Crippen LogP contribution in [0.5, 0.6) is 0 Å². The summed E-state index contributed by atoms with van der Waals surface area (Å²) in [5, 5.41) is 3.37. The van der Waals surface area contributed by atoms with Gasteiger partial charge in [-0.3, -0.25) is 9.59 Å². The minimum absolute atomic E-state index is 0.0923. The third-order valence-corrected chi connectivity index (χ3v) is 4.96. The second-order valence-corrected chi connectivity index (χ2v) is 6.68. The van der Waals surface area contributed by atoms with Gasteiger partial charge in [0, 0.05) is 12.0 Å². The maximum Gasteiger partial charge on any atom is 0.240 e. The predicted octanol–water partition coefficient (Wildman–Crippen LogP) is 0.879. The number of nitrogens with zero attached hydrogens (tertiary/aromatic N) is 1. The van der Waals surface area contributed by atoms with Crippen molar-refractivity contribution in [1.29, 1.82) is 0 Å². The van der Waals surface area contributed by atoms with Crippen molar-refractivity contribution in [3.8, 4) is 0 Å². The summed E-state index contributed by atoms with van der Waals surface area (Å²) in [6.07, 6.45) is 4.83. The first kappa shape index (κ1) is 15.3. The number of nitrogens with two attached hydrogens (primary N) is 1. The van der Waals surface area contributed by atoms with Crippen LogP contribution >= 0.6 is 0 Å². The van der Waals surface area contributed by atoms with Crippen LogP contribution in [0.25, 0.3) is 0 Å². The molecule has 0 aromatic carbocycles. The van der Waals surface area contributed by atoms with Crippen molar-refractivity contribution < 1.29 is 9.59 Å². The summed E-state index contributed by atoms with van der Waals surface area (Å²) >= 11 is 0. The maximum atomic E-state index is 12.9. The van der Waals surface area contributed by atoms with Crippen LogP contribution in [0.4, 0.5) is 0 Å². The molecule has 0 aliphatic carbocycles. The van der Waals surface area contributed by atoms with E-state index < -0.39 is 11.5 Å². The van der Waals surface area contributed by atoms with Crippen molar-refractivity contribution in [1.82, 2.24) is 10.2 Å². The molecule has 3 N–H and O–H groups in total. The Balaban J connectivity index is 2.12. The van der Waals surface area contributed by atoms with E-state index in [1.165, 1.54) is 0 Å². The molecule has 2 amide bonds. The summed E-state index contributed by atoms with van der Waals surface area (Å²) in [4.78, 5) is 26.2. The maximum absolute atomic E-state index is 12.9. The van der Waals surface area contributed by atoms with E-state index in [9.17, 15) is 9.59 Å². The molecule has 0 spiro atoms. The molecule has 2 aliphatic rings. The molecule has 20 heavy (non-hydrogen) atoms. The Morgan fingerprint density at radius 1 is 1.20 bits per heavy atom. The molecule has 0 aromatic rings. The van der Waals surface area contributed by atoms with E-state index in [1.807, 2.05) is 13.8 Å².